The van der Waals surface area contributed by atoms with Crippen LogP contribution in [0.4, 0.5) is 0 Å². The molecule has 170 valence electrons. The Hall–Kier alpha value is -2.77. The molecule has 4 N–H and O–H groups in total. The fourth-order valence-corrected chi connectivity index (χ4v) is 4.66. The predicted molar refractivity (Wildman–Crippen MR) is 121 cm³/mol. The highest BCUT2D eigenvalue weighted by Crippen LogP contribution is 2.22. The predicted octanol–water partition coefficient (Wildman–Crippen LogP) is 1.32. The average Bonchev–Trinajstić information content (AvgIpc) is 2.83. The molecule has 1 amide bonds. The van der Waals surface area contributed by atoms with Crippen molar-refractivity contribution in [3.05, 3.63) is 54.1 Å². The molecule has 2 aromatic carbocycles. The normalized spacial score (nSPS) is 17.3. The summed E-state index contributed by atoms with van der Waals surface area (Å²) in [6, 6.07) is 15.4. The lowest BCUT2D eigenvalue weighted by atomic mass is 10.00. The van der Waals surface area contributed by atoms with Crippen LogP contribution in [0.15, 0.2) is 53.4 Å². The van der Waals surface area contributed by atoms with Crippen LogP contribution in [-0.4, -0.2) is 51.2 Å². The van der Waals surface area contributed by atoms with E-state index < -0.39 is 16.1 Å². The van der Waals surface area contributed by atoms with Gasteiger partial charge in [0, 0.05) is 13.0 Å². The third-order valence-electron chi connectivity index (χ3n) is 5.39. The summed E-state index contributed by atoms with van der Waals surface area (Å²) in [5.41, 5.74) is 2.68. The van der Waals surface area contributed by atoms with Crippen LogP contribution in [-0.2, 0) is 21.2 Å². The van der Waals surface area contributed by atoms with Gasteiger partial charge in [0.05, 0.1) is 23.6 Å². The smallest absolute Gasteiger partial charge is 0.240 e. The molecule has 2 aromatic rings. The quantitative estimate of drug-likeness (QED) is 0.450. The summed E-state index contributed by atoms with van der Waals surface area (Å²) in [6.07, 6.45) is 3.27. The van der Waals surface area contributed by atoms with Crippen molar-refractivity contribution in [2.45, 2.75) is 42.7 Å². The number of nitrogens with one attached hydrogen (secondary N) is 3. The number of carbonyl (C=O) groups excluding carboxylic acids is 1. The molecule has 0 bridgehead atoms. The van der Waals surface area contributed by atoms with E-state index in [2.05, 4.69) is 21.4 Å². The van der Waals surface area contributed by atoms with E-state index in [1.54, 1.807) is 12.1 Å². The number of carbonyl (C=O) groups is 1. The van der Waals surface area contributed by atoms with Crippen molar-refractivity contribution in [2.75, 3.05) is 19.7 Å². The third-order valence-corrected chi connectivity index (χ3v) is 6.87. The van der Waals surface area contributed by atoms with Crippen molar-refractivity contribution in [1.29, 1.82) is 5.26 Å². The Morgan fingerprint density at radius 2 is 1.78 bits per heavy atom. The van der Waals surface area contributed by atoms with Crippen LogP contribution in [0.1, 0.15) is 24.8 Å². The number of aliphatic hydroxyl groups is 1. The average molecular weight is 457 g/mol. The molecule has 1 aliphatic rings. The zero-order chi connectivity index (χ0) is 23.0. The molecule has 3 rings (SSSR count). The molecule has 9 heteroatoms. The van der Waals surface area contributed by atoms with E-state index in [4.69, 9.17) is 5.11 Å². The topological polar surface area (TPSA) is 131 Å². The number of nitrogens with zero attached hydrogens (tertiary/aromatic N) is 1. The molecule has 0 saturated carbocycles. The van der Waals surface area contributed by atoms with Gasteiger partial charge in [0.15, 0.2) is 0 Å². The summed E-state index contributed by atoms with van der Waals surface area (Å²) in [6.45, 7) is 0.521. The van der Waals surface area contributed by atoms with Crippen LogP contribution < -0.4 is 15.4 Å². The lowest BCUT2D eigenvalue weighted by molar-refractivity contribution is -0.124. The van der Waals surface area contributed by atoms with Crippen LogP contribution >= 0.6 is 0 Å². The number of nitriles is 1. The molecule has 1 aliphatic heterocycles. The molecule has 0 spiro atoms. The van der Waals surface area contributed by atoms with Gasteiger partial charge in [-0.1, -0.05) is 42.8 Å². The lowest BCUT2D eigenvalue weighted by Crippen LogP contribution is -2.49. The van der Waals surface area contributed by atoms with Crippen LogP contribution in [0.25, 0.3) is 11.1 Å². The molecule has 32 heavy (non-hydrogen) atoms. The first-order chi connectivity index (χ1) is 15.4. The highest BCUT2D eigenvalue weighted by Gasteiger charge is 2.23. The molecule has 0 radical (unpaired) electrons. The molecule has 1 fully saturated rings. The first kappa shape index (κ1) is 23.9. The molecule has 2 atom stereocenters. The number of rotatable bonds is 9. The zero-order valence-corrected chi connectivity index (χ0v) is 18.6. The van der Waals surface area contributed by atoms with E-state index in [0.717, 1.165) is 42.5 Å². The van der Waals surface area contributed by atoms with Crippen molar-refractivity contribution in [3.8, 4) is 17.2 Å². The van der Waals surface area contributed by atoms with Crippen molar-refractivity contribution in [3.63, 3.8) is 0 Å². The van der Waals surface area contributed by atoms with E-state index in [1.807, 2.05) is 24.3 Å². The van der Waals surface area contributed by atoms with Gasteiger partial charge in [-0.05, 0) is 48.2 Å². The molecule has 1 heterocycles. The first-order valence-corrected chi connectivity index (χ1v) is 12.1. The summed E-state index contributed by atoms with van der Waals surface area (Å²) in [5.74, 6) is -0.128. The van der Waals surface area contributed by atoms with Gasteiger partial charge in [-0.15, -0.1) is 0 Å². The van der Waals surface area contributed by atoms with Gasteiger partial charge in [-0.2, -0.15) is 5.26 Å². The van der Waals surface area contributed by atoms with E-state index in [0.29, 0.717) is 6.42 Å². The zero-order valence-electron chi connectivity index (χ0n) is 17.8. The van der Waals surface area contributed by atoms with Crippen molar-refractivity contribution >= 4 is 15.9 Å². The Kier molecular flexibility index (Phi) is 8.36. The van der Waals surface area contributed by atoms with Crippen molar-refractivity contribution < 1.29 is 18.3 Å². The molecule has 1 saturated heterocycles. The molecular weight excluding hydrogens is 428 g/mol. The maximum Gasteiger partial charge on any atom is 0.240 e. The van der Waals surface area contributed by atoms with Gasteiger partial charge in [-0.3, -0.25) is 4.79 Å². The number of piperidine rings is 1. The Morgan fingerprint density at radius 3 is 2.34 bits per heavy atom. The van der Waals surface area contributed by atoms with Gasteiger partial charge >= 0.3 is 0 Å². The minimum absolute atomic E-state index is 0.0349. The molecule has 0 aromatic heterocycles. The van der Waals surface area contributed by atoms with Gasteiger partial charge in [-0.25, -0.2) is 13.1 Å². The van der Waals surface area contributed by atoms with E-state index in [-0.39, 0.29) is 30.0 Å². The van der Waals surface area contributed by atoms with Gasteiger partial charge in [0.1, 0.15) is 6.04 Å². The Bertz CT molecular complexity index is 1040. The fourth-order valence-electron chi connectivity index (χ4n) is 3.64. The molecule has 2 unspecified atom stereocenters. The van der Waals surface area contributed by atoms with Gasteiger partial charge in [0.25, 0.3) is 0 Å². The van der Waals surface area contributed by atoms with E-state index in [1.165, 1.54) is 12.1 Å². The van der Waals surface area contributed by atoms with Crippen LogP contribution in [0.5, 0.6) is 0 Å². The monoisotopic (exact) mass is 456 g/mol. The summed E-state index contributed by atoms with van der Waals surface area (Å²) >= 11 is 0. The summed E-state index contributed by atoms with van der Waals surface area (Å²) in [5, 5.41) is 24.3. The van der Waals surface area contributed by atoms with Crippen LogP contribution in [0.2, 0.25) is 0 Å². The first-order valence-electron chi connectivity index (χ1n) is 10.7. The number of aliphatic hydroxyl groups excluding tert-OH is 1. The Balaban J connectivity index is 1.61. The van der Waals surface area contributed by atoms with Crippen molar-refractivity contribution in [2.24, 2.45) is 0 Å². The van der Waals surface area contributed by atoms with E-state index >= 15 is 0 Å². The van der Waals surface area contributed by atoms with Gasteiger partial charge in [0.2, 0.25) is 15.9 Å². The summed E-state index contributed by atoms with van der Waals surface area (Å²) in [7, 11) is -3.64. The highest BCUT2D eigenvalue weighted by atomic mass is 32.2. The largest absolute Gasteiger partial charge is 0.395 e. The van der Waals surface area contributed by atoms with Crippen LogP contribution in [0, 0.1) is 11.3 Å². The third kappa shape index (κ3) is 6.37. The Morgan fingerprint density at radius 1 is 1.12 bits per heavy atom. The second kappa shape index (κ2) is 11.2. The Labute approximate surface area is 188 Å². The standard InChI is InChI=1S/C23H28N4O4S/c24-16-20(27-23(29)22-3-1-2-12-25-22)15-17-4-6-18(7-5-17)19-8-10-21(11-9-19)32(30,31)26-13-14-28/h4-11,20,22,25-26,28H,1-3,12-15H2,(H,27,29). The number of amides is 1. The second-order valence-corrected chi connectivity index (χ2v) is 9.51. The maximum absolute atomic E-state index is 12.4. The number of benzene rings is 2. The number of sulfonamides is 1. The minimum atomic E-state index is -3.64. The maximum atomic E-state index is 12.4. The lowest BCUT2D eigenvalue weighted by Gasteiger charge is -2.23. The number of hydrogen-bond donors (Lipinski definition) is 4. The minimum Gasteiger partial charge on any atom is -0.395 e. The van der Waals surface area contributed by atoms with Crippen molar-refractivity contribution in [1.82, 2.24) is 15.4 Å². The molecule has 0 aliphatic carbocycles. The number of hydrogen-bond acceptors (Lipinski definition) is 6. The summed E-state index contributed by atoms with van der Waals surface area (Å²) < 4.78 is 26.5. The molecular formula is C23H28N4O4S. The second-order valence-electron chi connectivity index (χ2n) is 7.74. The fraction of sp³-hybridized carbons (Fsp3) is 0.391. The van der Waals surface area contributed by atoms with E-state index in [9.17, 15) is 18.5 Å². The highest BCUT2D eigenvalue weighted by molar-refractivity contribution is 7.89. The molecule has 8 nitrogen and oxygen atoms in total. The SMILES string of the molecule is N#CC(Cc1ccc(-c2ccc(S(=O)(=O)NCCO)cc2)cc1)NC(=O)C1CCCCN1. The summed E-state index contributed by atoms with van der Waals surface area (Å²) in [4.78, 5) is 12.5. The van der Waals surface area contributed by atoms with Crippen LogP contribution in [0.3, 0.4) is 0 Å². The van der Waals surface area contributed by atoms with Gasteiger partial charge < -0.3 is 15.7 Å².